The molecular weight excluding hydrogens is 367 g/mol. The molecule has 10 heteroatoms. The molecule has 0 unspecified atom stereocenters. The summed E-state index contributed by atoms with van der Waals surface area (Å²) in [5, 5.41) is 35.6. The summed E-state index contributed by atoms with van der Waals surface area (Å²) in [5.41, 5.74) is -0.106. The van der Waals surface area contributed by atoms with E-state index in [0.717, 1.165) is 0 Å². The Balaban J connectivity index is 2.31. The highest BCUT2D eigenvalue weighted by Gasteiger charge is 2.33. The standard InChI is InChI=1S/C16H10ClFN4O4/c17-9-5-6-13-11(7-9)15(10-3-1-2-4-12(10)18)21(24)8-14(19-13)16(20-23)22(25)26/h1-7,23H,8H2. The van der Waals surface area contributed by atoms with E-state index in [1.54, 1.807) is 6.07 Å². The fourth-order valence-corrected chi connectivity index (χ4v) is 2.75. The average Bonchev–Trinajstić information content (AvgIpc) is 2.72. The van der Waals surface area contributed by atoms with Gasteiger partial charge in [-0.1, -0.05) is 23.7 Å². The minimum absolute atomic E-state index is 0.00828. The topological polar surface area (TPSA) is 114 Å². The van der Waals surface area contributed by atoms with Gasteiger partial charge in [-0.2, -0.15) is 4.74 Å². The number of nitrogens with zero attached hydrogens (tertiary/aromatic N) is 4. The molecule has 2 aromatic carbocycles. The first-order chi connectivity index (χ1) is 12.4. The van der Waals surface area contributed by atoms with Crippen LogP contribution in [0.5, 0.6) is 0 Å². The van der Waals surface area contributed by atoms with Crippen molar-refractivity contribution >= 4 is 34.5 Å². The molecule has 1 N–H and O–H groups in total. The van der Waals surface area contributed by atoms with Crippen molar-refractivity contribution in [2.75, 3.05) is 6.54 Å². The molecular formula is C16H10ClFN4O4. The molecule has 1 aliphatic heterocycles. The van der Waals surface area contributed by atoms with E-state index in [0.29, 0.717) is 4.74 Å². The van der Waals surface area contributed by atoms with Gasteiger partial charge >= 0.3 is 5.84 Å². The maximum absolute atomic E-state index is 14.3. The van der Waals surface area contributed by atoms with Gasteiger partial charge < -0.3 is 20.5 Å². The lowest BCUT2D eigenvalue weighted by molar-refractivity contribution is -0.439. The minimum Gasteiger partial charge on any atom is -0.623 e. The van der Waals surface area contributed by atoms with E-state index in [-0.39, 0.29) is 33.3 Å². The van der Waals surface area contributed by atoms with Gasteiger partial charge in [-0.05, 0) is 35.3 Å². The summed E-state index contributed by atoms with van der Waals surface area (Å²) in [5.74, 6) is -1.62. The second-order valence-electron chi connectivity index (χ2n) is 5.27. The Bertz CT molecular complexity index is 1000. The molecule has 0 aliphatic carbocycles. The average molecular weight is 377 g/mol. The second kappa shape index (κ2) is 6.89. The number of hydrogen-bond donors (Lipinski definition) is 1. The third-order valence-corrected chi connectivity index (χ3v) is 3.90. The first kappa shape index (κ1) is 17.5. The van der Waals surface area contributed by atoms with Gasteiger partial charge in [-0.25, -0.2) is 9.38 Å². The molecule has 1 aliphatic rings. The van der Waals surface area contributed by atoms with Crippen molar-refractivity contribution in [2.24, 2.45) is 10.1 Å². The molecule has 0 radical (unpaired) electrons. The van der Waals surface area contributed by atoms with E-state index in [1.165, 1.54) is 36.4 Å². The van der Waals surface area contributed by atoms with Crippen LogP contribution in [0.15, 0.2) is 52.6 Å². The fourth-order valence-electron chi connectivity index (χ4n) is 2.58. The third kappa shape index (κ3) is 3.11. The van der Waals surface area contributed by atoms with Crippen LogP contribution in [0, 0.1) is 21.1 Å². The number of hydrogen-bond acceptors (Lipinski definition) is 6. The van der Waals surface area contributed by atoms with Gasteiger partial charge in [0.1, 0.15) is 5.82 Å². The zero-order valence-corrected chi connectivity index (χ0v) is 13.7. The number of amidine groups is 1. The summed E-state index contributed by atoms with van der Waals surface area (Å²) in [7, 11) is 0. The maximum Gasteiger partial charge on any atom is 0.437 e. The van der Waals surface area contributed by atoms with Gasteiger partial charge in [0.15, 0.2) is 5.16 Å². The van der Waals surface area contributed by atoms with E-state index in [4.69, 9.17) is 16.8 Å². The Hall–Kier alpha value is -3.33. The summed E-state index contributed by atoms with van der Waals surface area (Å²) in [4.78, 5) is 14.2. The van der Waals surface area contributed by atoms with Crippen LogP contribution in [0.25, 0.3) is 0 Å². The molecule has 0 spiro atoms. The first-order valence-electron chi connectivity index (χ1n) is 7.23. The Morgan fingerprint density at radius 1 is 1.31 bits per heavy atom. The van der Waals surface area contributed by atoms with Crippen LogP contribution in [0.2, 0.25) is 5.02 Å². The summed E-state index contributed by atoms with van der Waals surface area (Å²) in [6.07, 6.45) is 0. The van der Waals surface area contributed by atoms with Gasteiger partial charge in [0.05, 0.1) is 16.8 Å². The van der Waals surface area contributed by atoms with Crippen molar-refractivity contribution in [3.8, 4) is 0 Å². The highest BCUT2D eigenvalue weighted by atomic mass is 35.5. The molecule has 132 valence electrons. The number of benzene rings is 2. The number of aliphatic imine (C=N–C) groups is 1. The number of hydroxylamine groups is 1. The molecule has 0 saturated carbocycles. The van der Waals surface area contributed by atoms with Gasteiger partial charge in [-0.15, -0.1) is 0 Å². The van der Waals surface area contributed by atoms with Gasteiger partial charge in [0.25, 0.3) is 0 Å². The number of halogens is 2. The van der Waals surface area contributed by atoms with Crippen LogP contribution < -0.4 is 0 Å². The van der Waals surface area contributed by atoms with Crippen molar-refractivity contribution in [1.29, 1.82) is 0 Å². The molecule has 0 bridgehead atoms. The van der Waals surface area contributed by atoms with Crippen molar-refractivity contribution in [1.82, 2.24) is 0 Å². The molecule has 0 atom stereocenters. The maximum atomic E-state index is 14.3. The van der Waals surface area contributed by atoms with Crippen molar-refractivity contribution in [3.05, 3.63) is 79.8 Å². The molecule has 3 rings (SSSR count). The van der Waals surface area contributed by atoms with Crippen molar-refractivity contribution < 1.29 is 19.3 Å². The monoisotopic (exact) mass is 376 g/mol. The number of nitro groups is 1. The van der Waals surface area contributed by atoms with E-state index in [9.17, 15) is 19.7 Å². The highest BCUT2D eigenvalue weighted by Crippen LogP contribution is 2.29. The number of fused-ring (bicyclic) bond motifs is 1. The lowest BCUT2D eigenvalue weighted by Crippen LogP contribution is -2.31. The molecule has 0 fully saturated rings. The summed E-state index contributed by atoms with van der Waals surface area (Å²) in [6.45, 7) is -0.615. The fraction of sp³-hybridized carbons (Fsp3) is 0.0625. The third-order valence-electron chi connectivity index (χ3n) is 3.67. The zero-order valence-electron chi connectivity index (χ0n) is 13.0. The van der Waals surface area contributed by atoms with E-state index >= 15 is 0 Å². The molecule has 2 aromatic rings. The minimum atomic E-state index is -0.971. The van der Waals surface area contributed by atoms with Gasteiger partial charge in [0.2, 0.25) is 18.0 Å². The Labute approximate surface area is 150 Å². The normalized spacial score (nSPS) is 14.5. The molecule has 8 nitrogen and oxygen atoms in total. The lowest BCUT2D eigenvalue weighted by Gasteiger charge is -2.11. The largest absolute Gasteiger partial charge is 0.623 e. The molecule has 0 aromatic heterocycles. The second-order valence-corrected chi connectivity index (χ2v) is 5.70. The summed E-state index contributed by atoms with van der Waals surface area (Å²) >= 11 is 6.00. The molecule has 0 saturated heterocycles. The van der Waals surface area contributed by atoms with Gasteiger partial charge in [-0.3, -0.25) is 0 Å². The first-order valence-corrected chi connectivity index (χ1v) is 7.61. The number of rotatable bonds is 2. The van der Waals surface area contributed by atoms with Gasteiger partial charge in [0, 0.05) is 5.02 Å². The quantitative estimate of drug-likeness (QED) is 0.165. The number of oxime groups is 1. The SMILES string of the molecule is O=[N+]([O-])C(=NO)C1=Nc2ccc(Cl)cc2C(c2ccccc2F)=[N+]([O-])C1. The smallest absolute Gasteiger partial charge is 0.437 e. The van der Waals surface area contributed by atoms with E-state index in [1.807, 2.05) is 0 Å². The molecule has 0 amide bonds. The molecule has 26 heavy (non-hydrogen) atoms. The highest BCUT2D eigenvalue weighted by molar-refractivity contribution is 6.39. The van der Waals surface area contributed by atoms with Crippen LogP contribution in [0.4, 0.5) is 10.1 Å². The van der Waals surface area contributed by atoms with Crippen LogP contribution >= 0.6 is 11.6 Å². The van der Waals surface area contributed by atoms with Crippen molar-refractivity contribution in [3.63, 3.8) is 0 Å². The van der Waals surface area contributed by atoms with E-state index < -0.39 is 23.1 Å². The van der Waals surface area contributed by atoms with Crippen LogP contribution in [-0.4, -0.2) is 38.7 Å². The van der Waals surface area contributed by atoms with Crippen LogP contribution in [0.1, 0.15) is 11.1 Å². The zero-order chi connectivity index (χ0) is 18.8. The van der Waals surface area contributed by atoms with Crippen LogP contribution in [-0.2, 0) is 0 Å². The van der Waals surface area contributed by atoms with Crippen molar-refractivity contribution in [2.45, 2.75) is 0 Å². The summed E-state index contributed by atoms with van der Waals surface area (Å²) in [6, 6.07) is 9.93. The Kier molecular flexibility index (Phi) is 4.63. The predicted octanol–water partition coefficient (Wildman–Crippen LogP) is 2.98. The summed E-state index contributed by atoms with van der Waals surface area (Å²) < 4.78 is 14.7. The lowest BCUT2D eigenvalue weighted by atomic mass is 10.00. The van der Waals surface area contributed by atoms with E-state index in [2.05, 4.69) is 10.1 Å². The molecule has 1 heterocycles. The predicted molar refractivity (Wildman–Crippen MR) is 92.9 cm³/mol. The Morgan fingerprint density at radius 3 is 2.69 bits per heavy atom. The van der Waals surface area contributed by atoms with Crippen LogP contribution in [0.3, 0.4) is 0 Å². The Morgan fingerprint density at radius 2 is 2.04 bits per heavy atom.